The van der Waals surface area contributed by atoms with Crippen molar-refractivity contribution in [2.24, 2.45) is 5.92 Å². The van der Waals surface area contributed by atoms with Gasteiger partial charge in [0, 0.05) is 25.5 Å². The second kappa shape index (κ2) is 6.01. The lowest BCUT2D eigenvalue weighted by atomic mass is 9.82. The molecule has 0 spiro atoms. The SMILES string of the molecule is CNCC1CC(OCCCn2ccnc2)C1. The molecule has 0 radical (unpaired) electrons. The van der Waals surface area contributed by atoms with Gasteiger partial charge in [0.2, 0.25) is 0 Å². The third-order valence-electron chi connectivity index (χ3n) is 3.16. The van der Waals surface area contributed by atoms with Crippen LogP contribution in [0.15, 0.2) is 18.7 Å². The van der Waals surface area contributed by atoms with Crippen molar-refractivity contribution in [3.63, 3.8) is 0 Å². The van der Waals surface area contributed by atoms with Crippen molar-refractivity contribution >= 4 is 0 Å². The molecule has 16 heavy (non-hydrogen) atoms. The zero-order chi connectivity index (χ0) is 11.2. The van der Waals surface area contributed by atoms with Gasteiger partial charge in [-0.25, -0.2) is 4.98 Å². The number of imidazole rings is 1. The number of rotatable bonds is 7. The molecule has 0 amide bonds. The predicted octanol–water partition coefficient (Wildman–Crippen LogP) is 1.29. The maximum atomic E-state index is 5.79. The summed E-state index contributed by atoms with van der Waals surface area (Å²) in [6.07, 6.45) is 9.70. The highest BCUT2D eigenvalue weighted by atomic mass is 16.5. The molecule has 4 nitrogen and oxygen atoms in total. The molecule has 1 N–H and O–H groups in total. The Balaban J connectivity index is 1.47. The van der Waals surface area contributed by atoms with Gasteiger partial charge < -0.3 is 14.6 Å². The summed E-state index contributed by atoms with van der Waals surface area (Å²) < 4.78 is 7.88. The van der Waals surface area contributed by atoms with E-state index in [1.165, 1.54) is 12.8 Å². The Morgan fingerprint density at radius 3 is 3.06 bits per heavy atom. The molecule has 1 aliphatic rings. The number of hydrogen-bond acceptors (Lipinski definition) is 3. The minimum Gasteiger partial charge on any atom is -0.378 e. The quantitative estimate of drug-likeness (QED) is 0.708. The number of nitrogens with zero attached hydrogens (tertiary/aromatic N) is 2. The van der Waals surface area contributed by atoms with Crippen LogP contribution in [0.25, 0.3) is 0 Å². The Morgan fingerprint density at radius 1 is 1.50 bits per heavy atom. The van der Waals surface area contributed by atoms with E-state index < -0.39 is 0 Å². The Kier molecular flexibility index (Phi) is 4.36. The summed E-state index contributed by atoms with van der Waals surface area (Å²) in [6, 6.07) is 0. The molecule has 1 aromatic rings. The molecule has 1 aliphatic carbocycles. The minimum atomic E-state index is 0.515. The monoisotopic (exact) mass is 223 g/mol. The highest BCUT2D eigenvalue weighted by Crippen LogP contribution is 2.29. The van der Waals surface area contributed by atoms with Crippen LogP contribution in [0, 0.1) is 5.92 Å². The lowest BCUT2D eigenvalue weighted by Gasteiger charge is -2.35. The summed E-state index contributed by atoms with van der Waals surface area (Å²) in [5.41, 5.74) is 0. The second-order valence-electron chi connectivity index (χ2n) is 4.54. The Bertz CT molecular complexity index is 280. The first-order valence-electron chi connectivity index (χ1n) is 6.10. The first-order chi connectivity index (χ1) is 7.88. The molecule has 4 heteroatoms. The van der Waals surface area contributed by atoms with Crippen molar-refractivity contribution in [1.82, 2.24) is 14.9 Å². The fraction of sp³-hybridized carbons (Fsp3) is 0.750. The van der Waals surface area contributed by atoms with E-state index in [9.17, 15) is 0 Å². The fourth-order valence-electron chi connectivity index (χ4n) is 2.18. The molecule has 90 valence electrons. The van der Waals surface area contributed by atoms with Crippen LogP contribution in [0.5, 0.6) is 0 Å². The van der Waals surface area contributed by atoms with Gasteiger partial charge in [-0.15, -0.1) is 0 Å². The lowest BCUT2D eigenvalue weighted by Crippen LogP contribution is -2.37. The van der Waals surface area contributed by atoms with Crippen LogP contribution in [0.2, 0.25) is 0 Å². The van der Waals surface area contributed by atoms with Crippen molar-refractivity contribution < 1.29 is 4.74 Å². The highest BCUT2D eigenvalue weighted by Gasteiger charge is 2.28. The zero-order valence-electron chi connectivity index (χ0n) is 9.93. The Labute approximate surface area is 97.0 Å². The van der Waals surface area contributed by atoms with Gasteiger partial charge in [0.05, 0.1) is 12.4 Å². The van der Waals surface area contributed by atoms with Gasteiger partial charge in [0.1, 0.15) is 0 Å². The van der Waals surface area contributed by atoms with Crippen molar-refractivity contribution in [3.8, 4) is 0 Å². The lowest BCUT2D eigenvalue weighted by molar-refractivity contribution is -0.0311. The van der Waals surface area contributed by atoms with Gasteiger partial charge in [-0.2, -0.15) is 0 Å². The summed E-state index contributed by atoms with van der Waals surface area (Å²) in [5, 5.41) is 3.21. The topological polar surface area (TPSA) is 39.1 Å². The maximum absolute atomic E-state index is 5.79. The largest absolute Gasteiger partial charge is 0.378 e. The summed E-state index contributed by atoms with van der Waals surface area (Å²) in [6.45, 7) is 3.01. The smallest absolute Gasteiger partial charge is 0.0945 e. The molecular weight excluding hydrogens is 202 g/mol. The van der Waals surface area contributed by atoms with Crippen LogP contribution in [0.3, 0.4) is 0 Å². The van der Waals surface area contributed by atoms with E-state index in [4.69, 9.17) is 4.74 Å². The molecule has 0 atom stereocenters. The zero-order valence-corrected chi connectivity index (χ0v) is 9.93. The number of nitrogens with one attached hydrogen (secondary N) is 1. The van der Waals surface area contributed by atoms with Gasteiger partial charge in [0.15, 0.2) is 0 Å². The van der Waals surface area contributed by atoms with Crippen LogP contribution in [0.4, 0.5) is 0 Å². The van der Waals surface area contributed by atoms with Crippen molar-refractivity contribution in [3.05, 3.63) is 18.7 Å². The molecule has 0 saturated heterocycles. The summed E-state index contributed by atoms with van der Waals surface area (Å²) in [4.78, 5) is 4.01. The van der Waals surface area contributed by atoms with E-state index in [0.717, 1.165) is 32.0 Å². The Morgan fingerprint density at radius 2 is 2.38 bits per heavy atom. The van der Waals surface area contributed by atoms with E-state index in [-0.39, 0.29) is 0 Å². The van der Waals surface area contributed by atoms with Gasteiger partial charge >= 0.3 is 0 Å². The van der Waals surface area contributed by atoms with E-state index in [2.05, 4.69) is 14.9 Å². The molecule has 0 bridgehead atoms. The molecule has 1 aromatic heterocycles. The Hall–Kier alpha value is -0.870. The standard InChI is InChI=1S/C12H21N3O/c1-13-9-11-7-12(8-11)16-6-2-4-15-5-3-14-10-15/h3,5,10-13H,2,4,6-9H2,1H3. The fourth-order valence-corrected chi connectivity index (χ4v) is 2.18. The van der Waals surface area contributed by atoms with Crippen LogP contribution in [0.1, 0.15) is 19.3 Å². The predicted molar refractivity (Wildman–Crippen MR) is 63.2 cm³/mol. The molecule has 0 aliphatic heterocycles. The van der Waals surface area contributed by atoms with Crippen molar-refractivity contribution in [1.29, 1.82) is 0 Å². The van der Waals surface area contributed by atoms with E-state index in [1.54, 1.807) is 0 Å². The summed E-state index contributed by atoms with van der Waals surface area (Å²) >= 11 is 0. The minimum absolute atomic E-state index is 0.515. The van der Waals surface area contributed by atoms with Crippen LogP contribution >= 0.6 is 0 Å². The second-order valence-corrected chi connectivity index (χ2v) is 4.54. The first kappa shape index (κ1) is 11.6. The van der Waals surface area contributed by atoms with Crippen molar-refractivity contribution in [2.75, 3.05) is 20.2 Å². The van der Waals surface area contributed by atoms with Crippen LogP contribution < -0.4 is 5.32 Å². The average Bonchev–Trinajstić information content (AvgIpc) is 2.72. The van der Waals surface area contributed by atoms with Gasteiger partial charge in [0.25, 0.3) is 0 Å². The maximum Gasteiger partial charge on any atom is 0.0945 e. The van der Waals surface area contributed by atoms with Crippen LogP contribution in [-0.4, -0.2) is 35.9 Å². The summed E-state index contributed by atoms with van der Waals surface area (Å²) in [7, 11) is 2.01. The molecule has 1 fully saturated rings. The van der Waals surface area contributed by atoms with E-state index in [0.29, 0.717) is 6.10 Å². The van der Waals surface area contributed by atoms with Gasteiger partial charge in [-0.05, 0) is 38.8 Å². The van der Waals surface area contributed by atoms with E-state index in [1.807, 2.05) is 25.8 Å². The molecule has 0 unspecified atom stereocenters. The van der Waals surface area contributed by atoms with E-state index >= 15 is 0 Å². The molecule has 1 heterocycles. The molecule has 1 saturated carbocycles. The average molecular weight is 223 g/mol. The number of hydrogen-bond donors (Lipinski definition) is 1. The van der Waals surface area contributed by atoms with Gasteiger partial charge in [-0.1, -0.05) is 0 Å². The third-order valence-corrected chi connectivity index (χ3v) is 3.16. The number of aryl methyl sites for hydroxylation is 1. The molecule has 2 rings (SSSR count). The number of ether oxygens (including phenoxy) is 1. The van der Waals surface area contributed by atoms with Crippen molar-refractivity contribution in [2.45, 2.75) is 31.9 Å². The third kappa shape index (κ3) is 3.32. The molecular formula is C12H21N3O. The number of aromatic nitrogens is 2. The molecule has 0 aromatic carbocycles. The normalized spacial score (nSPS) is 24.3. The first-order valence-corrected chi connectivity index (χ1v) is 6.10. The summed E-state index contributed by atoms with van der Waals surface area (Å²) in [5.74, 6) is 0.837. The van der Waals surface area contributed by atoms with Gasteiger partial charge in [-0.3, -0.25) is 0 Å². The van der Waals surface area contributed by atoms with Crippen LogP contribution in [-0.2, 0) is 11.3 Å². The highest BCUT2D eigenvalue weighted by molar-refractivity contribution is 4.81.